The van der Waals surface area contributed by atoms with E-state index in [2.05, 4.69) is 18.0 Å². The van der Waals surface area contributed by atoms with Gasteiger partial charge < -0.3 is 4.42 Å². The Morgan fingerprint density at radius 1 is 1.26 bits per heavy atom. The van der Waals surface area contributed by atoms with Crippen molar-refractivity contribution in [1.29, 1.82) is 0 Å². The average Bonchev–Trinajstić information content (AvgIpc) is 2.98. The molecule has 0 spiro atoms. The van der Waals surface area contributed by atoms with Gasteiger partial charge in [-0.2, -0.15) is 4.99 Å². The SMILES string of the molecule is Cc1oc2ccc(C3(N=C=O)CCCC3)cc2c1C. The molecule has 3 heteroatoms. The van der Waals surface area contributed by atoms with Crippen molar-refractivity contribution in [3.05, 3.63) is 35.1 Å². The normalized spacial score (nSPS) is 17.6. The summed E-state index contributed by atoms with van der Waals surface area (Å²) in [5.74, 6) is 0.950. The van der Waals surface area contributed by atoms with E-state index in [4.69, 9.17) is 4.42 Å². The van der Waals surface area contributed by atoms with Crippen LogP contribution in [-0.2, 0) is 10.3 Å². The number of aliphatic imine (C=N–C) groups is 1. The summed E-state index contributed by atoms with van der Waals surface area (Å²) in [5, 5.41) is 1.13. The topological polar surface area (TPSA) is 42.6 Å². The molecule has 1 aliphatic carbocycles. The molecule has 0 aliphatic heterocycles. The number of hydrogen-bond acceptors (Lipinski definition) is 3. The maximum atomic E-state index is 10.8. The number of fused-ring (bicyclic) bond motifs is 1. The summed E-state index contributed by atoms with van der Waals surface area (Å²) < 4.78 is 5.70. The molecule has 0 unspecified atom stereocenters. The molecule has 0 bridgehead atoms. The first kappa shape index (κ1) is 12.2. The molecule has 2 aromatic rings. The minimum atomic E-state index is -0.354. The minimum absolute atomic E-state index is 0.354. The van der Waals surface area contributed by atoms with E-state index in [1.807, 2.05) is 19.1 Å². The van der Waals surface area contributed by atoms with Crippen molar-refractivity contribution in [3.8, 4) is 0 Å². The van der Waals surface area contributed by atoms with Crippen molar-refractivity contribution in [2.45, 2.75) is 45.1 Å². The van der Waals surface area contributed by atoms with E-state index in [0.717, 1.165) is 48.0 Å². The number of hydrogen-bond donors (Lipinski definition) is 0. The van der Waals surface area contributed by atoms with Gasteiger partial charge in [0.05, 0.1) is 5.54 Å². The number of benzene rings is 1. The summed E-state index contributed by atoms with van der Waals surface area (Å²) in [7, 11) is 0. The average molecular weight is 255 g/mol. The highest BCUT2D eigenvalue weighted by molar-refractivity contribution is 5.83. The Balaban J connectivity index is 2.19. The van der Waals surface area contributed by atoms with E-state index in [0.29, 0.717) is 0 Å². The molecule has 1 aliphatic rings. The van der Waals surface area contributed by atoms with Crippen molar-refractivity contribution in [1.82, 2.24) is 0 Å². The molecule has 1 aromatic heterocycles. The quantitative estimate of drug-likeness (QED) is 0.597. The van der Waals surface area contributed by atoms with Gasteiger partial charge in [0, 0.05) is 5.39 Å². The predicted octanol–water partition coefficient (Wildman–Crippen LogP) is 4.15. The molecular formula is C16H17NO2. The van der Waals surface area contributed by atoms with Crippen LogP contribution in [0.2, 0.25) is 0 Å². The number of aryl methyl sites for hydroxylation is 2. The summed E-state index contributed by atoms with van der Waals surface area (Å²) in [4.78, 5) is 14.9. The van der Waals surface area contributed by atoms with E-state index in [-0.39, 0.29) is 5.54 Å². The van der Waals surface area contributed by atoms with E-state index >= 15 is 0 Å². The highest BCUT2D eigenvalue weighted by atomic mass is 16.3. The van der Waals surface area contributed by atoms with Crippen LogP contribution in [0.15, 0.2) is 27.6 Å². The van der Waals surface area contributed by atoms with E-state index in [1.165, 1.54) is 5.56 Å². The van der Waals surface area contributed by atoms with Crippen molar-refractivity contribution in [2.75, 3.05) is 0 Å². The second-order valence-corrected chi connectivity index (χ2v) is 5.44. The number of nitrogens with zero attached hydrogens (tertiary/aromatic N) is 1. The molecule has 0 saturated heterocycles. The lowest BCUT2D eigenvalue weighted by molar-refractivity contribution is 0.456. The van der Waals surface area contributed by atoms with E-state index in [1.54, 1.807) is 6.08 Å². The van der Waals surface area contributed by atoms with E-state index < -0.39 is 0 Å². The van der Waals surface area contributed by atoms with Gasteiger partial charge in [-0.05, 0) is 49.9 Å². The van der Waals surface area contributed by atoms with Crippen LogP contribution in [0.25, 0.3) is 11.0 Å². The van der Waals surface area contributed by atoms with Crippen LogP contribution in [0.1, 0.15) is 42.6 Å². The fourth-order valence-electron chi connectivity index (χ4n) is 3.14. The van der Waals surface area contributed by atoms with Crippen LogP contribution in [0.3, 0.4) is 0 Å². The van der Waals surface area contributed by atoms with Crippen LogP contribution >= 0.6 is 0 Å². The lowest BCUT2D eigenvalue weighted by atomic mass is 9.88. The Hall–Kier alpha value is -1.86. The van der Waals surface area contributed by atoms with Crippen molar-refractivity contribution < 1.29 is 9.21 Å². The van der Waals surface area contributed by atoms with Gasteiger partial charge in [-0.15, -0.1) is 0 Å². The monoisotopic (exact) mass is 255 g/mol. The summed E-state index contributed by atoms with van der Waals surface area (Å²) in [5.41, 5.74) is 2.83. The molecule has 3 rings (SSSR count). The van der Waals surface area contributed by atoms with Crippen molar-refractivity contribution in [2.24, 2.45) is 4.99 Å². The maximum Gasteiger partial charge on any atom is 0.235 e. The molecule has 0 N–H and O–H groups in total. The third-order valence-corrected chi connectivity index (χ3v) is 4.40. The van der Waals surface area contributed by atoms with Crippen LogP contribution in [0.5, 0.6) is 0 Å². The largest absolute Gasteiger partial charge is 0.461 e. The zero-order chi connectivity index (χ0) is 13.5. The smallest absolute Gasteiger partial charge is 0.235 e. The van der Waals surface area contributed by atoms with E-state index in [9.17, 15) is 4.79 Å². The first-order valence-electron chi connectivity index (χ1n) is 6.75. The number of carbonyl (C=O) groups excluding carboxylic acids is 1. The highest BCUT2D eigenvalue weighted by Crippen LogP contribution is 2.43. The van der Waals surface area contributed by atoms with Gasteiger partial charge >= 0.3 is 0 Å². The van der Waals surface area contributed by atoms with Gasteiger partial charge in [-0.3, -0.25) is 0 Å². The van der Waals surface area contributed by atoms with Crippen LogP contribution in [0, 0.1) is 13.8 Å². The minimum Gasteiger partial charge on any atom is -0.461 e. The summed E-state index contributed by atoms with van der Waals surface area (Å²) in [6.45, 7) is 4.04. The molecule has 1 saturated carbocycles. The zero-order valence-corrected chi connectivity index (χ0v) is 11.3. The van der Waals surface area contributed by atoms with Crippen LogP contribution in [0.4, 0.5) is 0 Å². The Kier molecular flexibility index (Phi) is 2.79. The fourth-order valence-corrected chi connectivity index (χ4v) is 3.14. The Bertz CT molecular complexity index is 671. The molecule has 0 radical (unpaired) electrons. The van der Waals surface area contributed by atoms with Gasteiger partial charge in [0.1, 0.15) is 11.3 Å². The summed E-state index contributed by atoms with van der Waals surface area (Å²) in [6, 6.07) is 6.16. The molecule has 1 aromatic carbocycles. The predicted molar refractivity (Wildman–Crippen MR) is 74.0 cm³/mol. The maximum absolute atomic E-state index is 10.8. The Labute approximate surface area is 112 Å². The Morgan fingerprint density at radius 3 is 2.68 bits per heavy atom. The standard InChI is InChI=1S/C16H17NO2/c1-11-12(2)19-15-6-5-13(9-14(11)15)16(17-10-18)7-3-4-8-16/h5-6,9H,3-4,7-8H2,1-2H3. The third-order valence-electron chi connectivity index (χ3n) is 4.40. The molecule has 98 valence electrons. The molecule has 0 amide bonds. The highest BCUT2D eigenvalue weighted by Gasteiger charge is 2.35. The van der Waals surface area contributed by atoms with Crippen LogP contribution in [-0.4, -0.2) is 6.08 Å². The second kappa shape index (κ2) is 4.36. The first-order chi connectivity index (χ1) is 9.16. The third kappa shape index (κ3) is 1.82. The van der Waals surface area contributed by atoms with Crippen molar-refractivity contribution in [3.63, 3.8) is 0 Å². The first-order valence-corrected chi connectivity index (χ1v) is 6.75. The summed E-state index contributed by atoms with van der Waals surface area (Å²) in [6.07, 6.45) is 5.87. The second-order valence-electron chi connectivity index (χ2n) is 5.44. The molecule has 3 nitrogen and oxygen atoms in total. The zero-order valence-electron chi connectivity index (χ0n) is 11.3. The fraction of sp³-hybridized carbons (Fsp3) is 0.438. The van der Waals surface area contributed by atoms with Crippen molar-refractivity contribution >= 4 is 17.0 Å². The number of furan rings is 1. The van der Waals surface area contributed by atoms with Gasteiger partial charge in [0.2, 0.25) is 6.08 Å². The van der Waals surface area contributed by atoms with Gasteiger partial charge in [0.25, 0.3) is 0 Å². The van der Waals surface area contributed by atoms with Crippen LogP contribution < -0.4 is 0 Å². The van der Waals surface area contributed by atoms with Gasteiger partial charge in [0.15, 0.2) is 0 Å². The lowest BCUT2D eigenvalue weighted by Gasteiger charge is -2.22. The molecule has 1 heterocycles. The molecule has 1 fully saturated rings. The molecule has 19 heavy (non-hydrogen) atoms. The number of isocyanates is 1. The number of rotatable bonds is 2. The molecular weight excluding hydrogens is 238 g/mol. The van der Waals surface area contributed by atoms with Gasteiger partial charge in [-0.1, -0.05) is 18.9 Å². The molecule has 0 atom stereocenters. The lowest BCUT2D eigenvalue weighted by Crippen LogP contribution is -2.18. The summed E-state index contributed by atoms with van der Waals surface area (Å²) >= 11 is 0. The Morgan fingerprint density at radius 2 is 2.00 bits per heavy atom. The van der Waals surface area contributed by atoms with Gasteiger partial charge in [-0.25, -0.2) is 4.79 Å².